The van der Waals surface area contributed by atoms with Gasteiger partial charge < -0.3 is 4.74 Å². The molecule has 0 saturated carbocycles. The van der Waals surface area contributed by atoms with E-state index in [0.29, 0.717) is 23.7 Å². The minimum absolute atomic E-state index is 0.259. The van der Waals surface area contributed by atoms with Crippen molar-refractivity contribution in [2.24, 2.45) is 0 Å². The smallest absolute Gasteiger partial charge is 0.439 e. The van der Waals surface area contributed by atoms with E-state index in [0.717, 1.165) is 5.56 Å². The molecule has 4 aromatic rings. The first kappa shape index (κ1) is 14.8. The highest BCUT2D eigenvalue weighted by atomic mass is 16.5. The van der Waals surface area contributed by atoms with E-state index in [2.05, 4.69) is 30.2 Å². The summed E-state index contributed by atoms with van der Waals surface area (Å²) < 4.78 is 11.7. The summed E-state index contributed by atoms with van der Waals surface area (Å²) in [6.07, 6.45) is 0. The highest BCUT2D eigenvalue weighted by Crippen LogP contribution is 2.20. The maximum absolute atomic E-state index is 11.1. The van der Waals surface area contributed by atoms with Crippen LogP contribution in [0.15, 0.2) is 63.9 Å². The number of benzene rings is 2. The van der Waals surface area contributed by atoms with Gasteiger partial charge in [0.1, 0.15) is 6.61 Å². The summed E-state index contributed by atoms with van der Waals surface area (Å²) >= 11 is 0. The van der Waals surface area contributed by atoms with Gasteiger partial charge in [-0.3, -0.25) is 9.51 Å². The van der Waals surface area contributed by atoms with Gasteiger partial charge in [0.15, 0.2) is 5.82 Å². The lowest BCUT2D eigenvalue weighted by Crippen LogP contribution is -2.04. The molecule has 0 aliphatic heterocycles. The van der Waals surface area contributed by atoms with E-state index in [1.807, 2.05) is 36.4 Å². The van der Waals surface area contributed by atoms with Gasteiger partial charge in [-0.25, -0.2) is 4.79 Å². The molecule has 9 heteroatoms. The standard InChI is InChI=1S/C16H12N6O3/c23-16-17-14(19-25-16)12-7-4-8-13(9-12)22-15(18-20-21-22)24-10-11-5-2-1-3-6-11/h1-9H,10H2,(H,17,19,23). The second-order valence-corrected chi connectivity index (χ2v) is 5.14. The number of nitrogens with zero attached hydrogens (tertiary/aromatic N) is 5. The summed E-state index contributed by atoms with van der Waals surface area (Å²) in [4.78, 5) is 13.6. The highest BCUT2D eigenvalue weighted by molar-refractivity contribution is 5.58. The van der Waals surface area contributed by atoms with E-state index in [9.17, 15) is 4.79 Å². The van der Waals surface area contributed by atoms with Crippen molar-refractivity contribution < 1.29 is 9.26 Å². The van der Waals surface area contributed by atoms with Crippen molar-refractivity contribution in [1.29, 1.82) is 0 Å². The molecule has 0 aliphatic rings. The SMILES string of the molecule is O=c1[nH]c(-c2cccc(-n3nnnc3OCc3ccccc3)c2)no1. The molecule has 25 heavy (non-hydrogen) atoms. The van der Waals surface area contributed by atoms with E-state index in [-0.39, 0.29) is 6.01 Å². The van der Waals surface area contributed by atoms with E-state index >= 15 is 0 Å². The summed E-state index contributed by atoms with van der Waals surface area (Å²) in [5, 5.41) is 15.2. The van der Waals surface area contributed by atoms with Crippen LogP contribution >= 0.6 is 0 Å². The Kier molecular flexibility index (Phi) is 3.79. The van der Waals surface area contributed by atoms with Gasteiger partial charge >= 0.3 is 11.8 Å². The number of ether oxygens (including phenoxy) is 1. The quantitative estimate of drug-likeness (QED) is 0.589. The highest BCUT2D eigenvalue weighted by Gasteiger charge is 2.12. The minimum atomic E-state index is -0.616. The summed E-state index contributed by atoms with van der Waals surface area (Å²) in [7, 11) is 0. The molecular weight excluding hydrogens is 324 g/mol. The van der Waals surface area contributed by atoms with Crippen LogP contribution in [0.2, 0.25) is 0 Å². The molecule has 0 saturated heterocycles. The zero-order valence-corrected chi connectivity index (χ0v) is 12.9. The molecule has 2 aromatic heterocycles. The third-order valence-electron chi connectivity index (χ3n) is 3.46. The Hall–Kier alpha value is -3.75. The van der Waals surface area contributed by atoms with Crippen molar-refractivity contribution >= 4 is 0 Å². The fraction of sp³-hybridized carbons (Fsp3) is 0.0625. The predicted octanol–water partition coefficient (Wildman–Crippen LogP) is 1.58. The molecule has 0 aliphatic carbocycles. The van der Waals surface area contributed by atoms with Gasteiger partial charge in [0, 0.05) is 5.56 Å². The Morgan fingerprint density at radius 1 is 1.12 bits per heavy atom. The Bertz CT molecular complexity index is 1040. The van der Waals surface area contributed by atoms with Crippen LogP contribution in [-0.2, 0) is 6.61 Å². The van der Waals surface area contributed by atoms with Gasteiger partial charge in [0.05, 0.1) is 5.69 Å². The van der Waals surface area contributed by atoms with Crippen LogP contribution in [0.4, 0.5) is 0 Å². The third-order valence-corrected chi connectivity index (χ3v) is 3.46. The van der Waals surface area contributed by atoms with Crippen molar-refractivity contribution in [3.8, 4) is 23.1 Å². The first-order valence-electron chi connectivity index (χ1n) is 7.41. The van der Waals surface area contributed by atoms with Crippen LogP contribution in [0.25, 0.3) is 17.1 Å². The Balaban J connectivity index is 1.60. The first-order valence-corrected chi connectivity index (χ1v) is 7.41. The summed E-state index contributed by atoms with van der Waals surface area (Å²) in [6, 6.07) is 17.1. The topological polar surface area (TPSA) is 112 Å². The molecule has 0 atom stereocenters. The minimum Gasteiger partial charge on any atom is -0.457 e. The number of rotatable bonds is 5. The van der Waals surface area contributed by atoms with E-state index in [1.54, 1.807) is 18.2 Å². The van der Waals surface area contributed by atoms with Crippen LogP contribution in [0, 0.1) is 0 Å². The van der Waals surface area contributed by atoms with Crippen molar-refractivity contribution in [1.82, 2.24) is 30.3 Å². The molecule has 2 aromatic carbocycles. The van der Waals surface area contributed by atoms with Gasteiger partial charge in [-0.2, -0.15) is 4.68 Å². The summed E-state index contributed by atoms with van der Waals surface area (Å²) in [5.74, 6) is -0.290. The van der Waals surface area contributed by atoms with E-state index < -0.39 is 5.76 Å². The molecule has 0 radical (unpaired) electrons. The number of nitrogens with one attached hydrogen (secondary N) is 1. The van der Waals surface area contributed by atoms with Crippen LogP contribution in [0.5, 0.6) is 6.01 Å². The second kappa shape index (κ2) is 6.40. The number of H-pyrrole nitrogens is 1. The zero-order valence-electron chi connectivity index (χ0n) is 12.9. The van der Waals surface area contributed by atoms with Crippen LogP contribution in [0.1, 0.15) is 5.56 Å². The largest absolute Gasteiger partial charge is 0.457 e. The summed E-state index contributed by atoms with van der Waals surface area (Å²) in [6.45, 7) is 0.345. The molecule has 0 fully saturated rings. The van der Waals surface area contributed by atoms with E-state index in [1.165, 1.54) is 4.68 Å². The Labute approximate surface area is 140 Å². The average molecular weight is 336 g/mol. The molecule has 0 bridgehead atoms. The normalized spacial score (nSPS) is 10.7. The first-order chi connectivity index (χ1) is 12.3. The van der Waals surface area contributed by atoms with Gasteiger partial charge in [0.25, 0.3) is 0 Å². The van der Waals surface area contributed by atoms with Gasteiger partial charge in [-0.05, 0) is 28.1 Å². The van der Waals surface area contributed by atoms with Gasteiger partial charge in [0.2, 0.25) is 0 Å². The van der Waals surface area contributed by atoms with Crippen molar-refractivity contribution in [2.45, 2.75) is 6.61 Å². The van der Waals surface area contributed by atoms with Crippen LogP contribution in [-0.4, -0.2) is 30.3 Å². The van der Waals surface area contributed by atoms with Gasteiger partial charge in [-0.1, -0.05) is 52.7 Å². The molecule has 0 unspecified atom stereocenters. The molecule has 2 heterocycles. The number of aromatic amines is 1. The van der Waals surface area contributed by atoms with E-state index in [4.69, 9.17) is 4.74 Å². The lowest BCUT2D eigenvalue weighted by atomic mass is 10.2. The zero-order chi connectivity index (χ0) is 17.1. The lowest BCUT2D eigenvalue weighted by Gasteiger charge is -2.07. The second-order valence-electron chi connectivity index (χ2n) is 5.14. The summed E-state index contributed by atoms with van der Waals surface area (Å²) in [5.41, 5.74) is 2.33. The molecule has 9 nitrogen and oxygen atoms in total. The fourth-order valence-electron chi connectivity index (χ4n) is 2.29. The van der Waals surface area contributed by atoms with Crippen molar-refractivity contribution in [3.63, 3.8) is 0 Å². The molecule has 0 spiro atoms. The van der Waals surface area contributed by atoms with Crippen LogP contribution in [0.3, 0.4) is 0 Å². The van der Waals surface area contributed by atoms with Gasteiger partial charge in [-0.15, -0.1) is 0 Å². The number of tetrazole rings is 1. The monoisotopic (exact) mass is 336 g/mol. The molecule has 124 valence electrons. The third kappa shape index (κ3) is 3.15. The average Bonchev–Trinajstić information content (AvgIpc) is 3.30. The fourth-order valence-corrected chi connectivity index (χ4v) is 2.29. The van der Waals surface area contributed by atoms with Crippen molar-refractivity contribution in [2.75, 3.05) is 0 Å². The number of aromatic nitrogens is 6. The van der Waals surface area contributed by atoms with Crippen LogP contribution < -0.4 is 10.5 Å². The maximum Gasteiger partial charge on any atom is 0.439 e. The maximum atomic E-state index is 11.1. The number of hydrogen-bond acceptors (Lipinski definition) is 7. The molecule has 1 N–H and O–H groups in total. The predicted molar refractivity (Wildman–Crippen MR) is 86.0 cm³/mol. The number of hydrogen-bond donors (Lipinski definition) is 1. The molecular formula is C16H12N6O3. The molecule has 4 rings (SSSR count). The lowest BCUT2D eigenvalue weighted by molar-refractivity contribution is 0.273. The molecule has 0 amide bonds. The van der Waals surface area contributed by atoms with Crippen molar-refractivity contribution in [3.05, 3.63) is 70.7 Å². The Morgan fingerprint density at radius 3 is 2.80 bits per heavy atom. The Morgan fingerprint density at radius 2 is 2.00 bits per heavy atom.